The van der Waals surface area contributed by atoms with E-state index in [0.717, 1.165) is 22.5 Å². The number of ether oxygens (including phenoxy) is 1. The Morgan fingerprint density at radius 2 is 2.40 bits per heavy atom. The first-order chi connectivity index (χ1) is 9.54. The number of nitrogens with zero attached hydrogens (tertiary/aromatic N) is 1. The number of hydrogen-bond acceptors (Lipinski definition) is 6. The number of rotatable bonds is 3. The highest BCUT2D eigenvalue weighted by molar-refractivity contribution is 7.15. The molecule has 0 bridgehead atoms. The highest BCUT2D eigenvalue weighted by Gasteiger charge is 2.29. The summed E-state index contributed by atoms with van der Waals surface area (Å²) >= 11 is 1.07. The molecule has 1 aromatic heterocycles. The maximum Gasteiger partial charge on any atom is 0.491 e. The first-order valence-corrected chi connectivity index (χ1v) is 6.73. The molecule has 0 spiro atoms. The van der Waals surface area contributed by atoms with Crippen molar-refractivity contribution in [1.29, 1.82) is 0 Å². The van der Waals surface area contributed by atoms with Crippen molar-refractivity contribution in [3.63, 3.8) is 0 Å². The Labute approximate surface area is 119 Å². The molecule has 0 atom stereocenters. The largest absolute Gasteiger partial charge is 0.491 e. The first-order valence-electron chi connectivity index (χ1n) is 5.91. The number of benzene rings is 1. The van der Waals surface area contributed by atoms with Crippen molar-refractivity contribution >= 4 is 29.8 Å². The third-order valence-corrected chi connectivity index (χ3v) is 3.95. The van der Waals surface area contributed by atoms with Crippen molar-refractivity contribution < 1.29 is 19.2 Å². The van der Waals surface area contributed by atoms with Gasteiger partial charge in [-0.2, -0.15) is 0 Å². The molecule has 1 amide bonds. The molecule has 0 aliphatic carbocycles. The lowest BCUT2D eigenvalue weighted by molar-refractivity contribution is 0.100. The molecular formula is C12H11BN2O4S. The molecule has 0 fully saturated rings. The Balaban J connectivity index is 1.89. The van der Waals surface area contributed by atoms with Gasteiger partial charge in [-0.3, -0.25) is 4.79 Å². The number of nitrogens with two attached hydrogens (primary N) is 1. The molecule has 1 aliphatic rings. The summed E-state index contributed by atoms with van der Waals surface area (Å²) < 4.78 is 10.8. The second-order valence-corrected chi connectivity index (χ2v) is 5.42. The predicted octanol–water partition coefficient (Wildman–Crippen LogP) is 0.560. The van der Waals surface area contributed by atoms with E-state index in [2.05, 4.69) is 4.98 Å². The molecular weight excluding hydrogens is 279 g/mol. The van der Waals surface area contributed by atoms with E-state index in [4.69, 9.17) is 15.1 Å². The van der Waals surface area contributed by atoms with Crippen LogP contribution in [0.1, 0.15) is 20.8 Å². The van der Waals surface area contributed by atoms with Crippen LogP contribution in [0.2, 0.25) is 0 Å². The van der Waals surface area contributed by atoms with Crippen LogP contribution in [0.15, 0.2) is 18.3 Å². The molecule has 2 heterocycles. The smallest absolute Gasteiger partial charge is 0.431 e. The average molecular weight is 290 g/mol. The van der Waals surface area contributed by atoms with Gasteiger partial charge in [0, 0.05) is 0 Å². The zero-order valence-electron chi connectivity index (χ0n) is 10.6. The zero-order valence-corrected chi connectivity index (χ0v) is 11.4. The zero-order chi connectivity index (χ0) is 14.3. The highest BCUT2D eigenvalue weighted by atomic mass is 32.1. The van der Waals surface area contributed by atoms with Gasteiger partial charge in [0.15, 0.2) is 0 Å². The van der Waals surface area contributed by atoms with Crippen LogP contribution in [0.3, 0.4) is 0 Å². The Morgan fingerprint density at radius 1 is 1.60 bits per heavy atom. The minimum atomic E-state index is -0.926. The van der Waals surface area contributed by atoms with Crippen molar-refractivity contribution in [2.75, 3.05) is 0 Å². The molecule has 0 saturated carbocycles. The minimum Gasteiger partial charge on any atom is -0.431 e. The Kier molecular flexibility index (Phi) is 3.21. The van der Waals surface area contributed by atoms with Crippen LogP contribution in [0.4, 0.5) is 0 Å². The molecule has 102 valence electrons. The lowest BCUT2D eigenvalue weighted by Gasteiger charge is -2.07. The quantitative estimate of drug-likeness (QED) is 0.805. The minimum absolute atomic E-state index is 0.326. The molecule has 6 nitrogen and oxygen atoms in total. The number of aryl methyl sites for hydroxylation is 1. The first kappa shape index (κ1) is 13.1. The third kappa shape index (κ3) is 2.28. The predicted molar refractivity (Wildman–Crippen MR) is 74.3 cm³/mol. The molecule has 8 heteroatoms. The number of carbonyl (C=O) groups is 1. The number of amides is 1. The van der Waals surface area contributed by atoms with E-state index in [1.807, 2.05) is 13.0 Å². The van der Waals surface area contributed by atoms with Gasteiger partial charge < -0.3 is 20.1 Å². The summed E-state index contributed by atoms with van der Waals surface area (Å²) in [7, 11) is -0.926. The summed E-state index contributed by atoms with van der Waals surface area (Å²) in [5, 5.41) is 10.0. The molecule has 1 aliphatic heterocycles. The van der Waals surface area contributed by atoms with Crippen molar-refractivity contribution in [3.05, 3.63) is 34.3 Å². The van der Waals surface area contributed by atoms with Crippen LogP contribution >= 0.6 is 11.3 Å². The molecule has 0 radical (unpaired) electrons. The van der Waals surface area contributed by atoms with Gasteiger partial charge in [0.05, 0.1) is 12.8 Å². The summed E-state index contributed by atoms with van der Waals surface area (Å²) in [6.07, 6.45) is 1.38. The van der Waals surface area contributed by atoms with E-state index in [9.17, 15) is 9.82 Å². The van der Waals surface area contributed by atoms with Crippen LogP contribution < -0.4 is 15.9 Å². The summed E-state index contributed by atoms with van der Waals surface area (Å²) in [6, 6.07) is 3.55. The maximum atomic E-state index is 11.0. The molecule has 0 unspecified atom stereocenters. The van der Waals surface area contributed by atoms with Gasteiger partial charge in [-0.15, -0.1) is 0 Å². The second-order valence-electron chi connectivity index (χ2n) is 4.43. The van der Waals surface area contributed by atoms with Crippen LogP contribution in [-0.2, 0) is 11.3 Å². The molecule has 0 saturated heterocycles. The van der Waals surface area contributed by atoms with Crippen molar-refractivity contribution in [2.45, 2.75) is 13.5 Å². The van der Waals surface area contributed by atoms with Gasteiger partial charge >= 0.3 is 7.12 Å². The van der Waals surface area contributed by atoms with Crippen molar-refractivity contribution in [1.82, 2.24) is 4.98 Å². The second kappa shape index (κ2) is 4.90. The van der Waals surface area contributed by atoms with Crippen LogP contribution in [0.25, 0.3) is 0 Å². The number of primary amides is 1. The standard InChI is InChI=1S/C12H11BN2O4S/c1-6-2-7(3-9-8(6)5-18-13(9)17)19-12-15-4-10(20-12)11(14)16/h2-4,17H,5H2,1H3,(H2,14,16). The summed E-state index contributed by atoms with van der Waals surface area (Å²) in [6.45, 7) is 2.31. The Morgan fingerprint density at radius 3 is 3.10 bits per heavy atom. The van der Waals surface area contributed by atoms with Crippen LogP contribution in [-0.4, -0.2) is 23.0 Å². The monoisotopic (exact) mass is 290 g/mol. The van der Waals surface area contributed by atoms with Gasteiger partial charge in [0.1, 0.15) is 10.6 Å². The van der Waals surface area contributed by atoms with E-state index in [0.29, 0.717) is 27.9 Å². The van der Waals surface area contributed by atoms with Crippen molar-refractivity contribution in [3.8, 4) is 10.9 Å². The Hall–Kier alpha value is -1.90. The number of thiazole rings is 1. The lowest BCUT2D eigenvalue weighted by atomic mass is 9.78. The summed E-state index contributed by atoms with van der Waals surface area (Å²) in [5.74, 6) is 0.00229. The third-order valence-electron chi connectivity index (χ3n) is 3.07. The molecule has 20 heavy (non-hydrogen) atoms. The van der Waals surface area contributed by atoms with Gasteiger partial charge in [-0.05, 0) is 35.6 Å². The SMILES string of the molecule is Cc1cc(Oc2ncc(C(N)=O)s2)cc2c1COB2O. The van der Waals surface area contributed by atoms with E-state index in [1.54, 1.807) is 6.07 Å². The molecule has 3 N–H and O–H groups in total. The summed E-state index contributed by atoms with van der Waals surface area (Å²) in [4.78, 5) is 15.3. The van der Waals surface area contributed by atoms with E-state index < -0.39 is 13.0 Å². The highest BCUT2D eigenvalue weighted by Crippen LogP contribution is 2.28. The molecule has 1 aromatic carbocycles. The fraction of sp³-hybridized carbons (Fsp3) is 0.167. The fourth-order valence-electron chi connectivity index (χ4n) is 2.06. The lowest BCUT2D eigenvalue weighted by Crippen LogP contribution is -2.28. The van der Waals surface area contributed by atoms with E-state index in [1.165, 1.54) is 6.20 Å². The average Bonchev–Trinajstić information content (AvgIpc) is 2.98. The summed E-state index contributed by atoms with van der Waals surface area (Å²) in [5.41, 5.74) is 7.81. The number of aromatic nitrogens is 1. The van der Waals surface area contributed by atoms with E-state index in [-0.39, 0.29) is 0 Å². The number of carbonyl (C=O) groups excluding carboxylic acids is 1. The molecule has 3 rings (SSSR count). The maximum absolute atomic E-state index is 11.0. The topological polar surface area (TPSA) is 94.7 Å². The molecule has 2 aromatic rings. The van der Waals surface area contributed by atoms with Gasteiger partial charge in [-0.1, -0.05) is 11.3 Å². The Bertz CT molecular complexity index is 688. The number of hydrogen-bond donors (Lipinski definition) is 2. The van der Waals surface area contributed by atoms with Crippen LogP contribution in [0, 0.1) is 6.92 Å². The van der Waals surface area contributed by atoms with E-state index >= 15 is 0 Å². The fourth-order valence-corrected chi connectivity index (χ4v) is 2.70. The van der Waals surface area contributed by atoms with Crippen molar-refractivity contribution in [2.24, 2.45) is 5.73 Å². The van der Waals surface area contributed by atoms with Gasteiger partial charge in [0.2, 0.25) is 0 Å². The normalized spacial score (nSPS) is 13.4. The van der Waals surface area contributed by atoms with Gasteiger partial charge in [0.25, 0.3) is 11.1 Å². The van der Waals surface area contributed by atoms with Gasteiger partial charge in [-0.25, -0.2) is 4.98 Å². The van der Waals surface area contributed by atoms with Crippen LogP contribution in [0.5, 0.6) is 10.9 Å². The number of fused-ring (bicyclic) bond motifs is 1.